The Kier molecular flexibility index (Phi) is 5.46. The van der Waals surface area contributed by atoms with Gasteiger partial charge in [-0.05, 0) is 36.4 Å². The minimum absolute atomic E-state index is 0.140. The molecule has 0 heterocycles. The summed E-state index contributed by atoms with van der Waals surface area (Å²) in [5.74, 6) is -0.140. The number of halogens is 3. The molecule has 0 fully saturated rings. The van der Waals surface area contributed by atoms with Crippen molar-refractivity contribution < 1.29 is 4.79 Å². The lowest BCUT2D eigenvalue weighted by molar-refractivity contribution is -0.114. The van der Waals surface area contributed by atoms with Crippen LogP contribution >= 0.6 is 43.5 Å². The molecule has 0 unspecified atom stereocenters. The lowest BCUT2D eigenvalue weighted by Gasteiger charge is -2.09. The second-order valence-electron chi connectivity index (χ2n) is 4.04. The summed E-state index contributed by atoms with van der Waals surface area (Å²) in [5, 5.41) is 6.38. The van der Waals surface area contributed by atoms with Crippen molar-refractivity contribution in [2.24, 2.45) is 0 Å². The zero-order valence-electron chi connectivity index (χ0n) is 10.3. The average molecular weight is 419 g/mol. The smallest absolute Gasteiger partial charge is 0.243 e. The summed E-state index contributed by atoms with van der Waals surface area (Å²) < 4.78 is 1.81. The number of anilines is 2. The Labute approximate surface area is 139 Å². The fourth-order valence-corrected chi connectivity index (χ4v) is 2.52. The topological polar surface area (TPSA) is 41.1 Å². The lowest BCUT2D eigenvalue weighted by Crippen LogP contribution is -2.21. The number of carbonyl (C=O) groups is 1. The Hall–Kier alpha value is -1.04. The summed E-state index contributed by atoms with van der Waals surface area (Å²) >= 11 is 12.8. The molecule has 2 N–H and O–H groups in total. The van der Waals surface area contributed by atoms with Crippen molar-refractivity contribution in [3.8, 4) is 0 Å². The Morgan fingerprint density at radius 1 is 1.10 bits per heavy atom. The van der Waals surface area contributed by atoms with Gasteiger partial charge in [0.25, 0.3) is 0 Å². The minimum Gasteiger partial charge on any atom is -0.375 e. The predicted molar refractivity (Wildman–Crippen MR) is 90.4 cm³/mol. The SMILES string of the molecule is O=C(CNc1cc(Br)ccc1Cl)Nc1cccc(Br)c1. The monoisotopic (exact) mass is 416 g/mol. The molecule has 0 spiro atoms. The van der Waals surface area contributed by atoms with Gasteiger partial charge in [0, 0.05) is 14.6 Å². The van der Waals surface area contributed by atoms with E-state index in [0.717, 1.165) is 14.6 Å². The van der Waals surface area contributed by atoms with Gasteiger partial charge in [0.2, 0.25) is 5.91 Å². The maximum absolute atomic E-state index is 11.8. The van der Waals surface area contributed by atoms with Crippen molar-refractivity contribution in [3.05, 3.63) is 56.4 Å². The molecule has 104 valence electrons. The highest BCUT2D eigenvalue weighted by molar-refractivity contribution is 9.10. The molecule has 20 heavy (non-hydrogen) atoms. The first-order chi connectivity index (χ1) is 9.54. The zero-order chi connectivity index (χ0) is 14.5. The van der Waals surface area contributed by atoms with E-state index in [-0.39, 0.29) is 12.5 Å². The molecule has 2 aromatic rings. The third-order valence-corrected chi connectivity index (χ3v) is 3.79. The molecule has 6 heteroatoms. The van der Waals surface area contributed by atoms with Crippen LogP contribution in [0.4, 0.5) is 11.4 Å². The van der Waals surface area contributed by atoms with Crippen LogP contribution < -0.4 is 10.6 Å². The third kappa shape index (κ3) is 4.51. The number of hydrogen-bond acceptors (Lipinski definition) is 2. The minimum atomic E-state index is -0.140. The maximum Gasteiger partial charge on any atom is 0.243 e. The molecular weight excluding hydrogens is 407 g/mol. The van der Waals surface area contributed by atoms with E-state index >= 15 is 0 Å². The summed E-state index contributed by atoms with van der Waals surface area (Å²) in [7, 11) is 0. The number of nitrogens with one attached hydrogen (secondary N) is 2. The van der Waals surface area contributed by atoms with Gasteiger partial charge in [-0.25, -0.2) is 0 Å². The van der Waals surface area contributed by atoms with E-state index in [2.05, 4.69) is 42.5 Å². The summed E-state index contributed by atoms with van der Waals surface area (Å²) in [4.78, 5) is 11.8. The first-order valence-corrected chi connectivity index (χ1v) is 7.75. The predicted octanol–water partition coefficient (Wildman–Crippen LogP) is 4.92. The van der Waals surface area contributed by atoms with Gasteiger partial charge in [-0.3, -0.25) is 4.79 Å². The quantitative estimate of drug-likeness (QED) is 0.740. The molecule has 0 bridgehead atoms. The Bertz CT molecular complexity index is 634. The number of rotatable bonds is 4. The Balaban J connectivity index is 1.94. The van der Waals surface area contributed by atoms with Gasteiger partial charge in [0.1, 0.15) is 0 Å². The number of amides is 1. The molecule has 0 atom stereocenters. The molecule has 3 nitrogen and oxygen atoms in total. The number of carbonyl (C=O) groups excluding carboxylic acids is 1. The summed E-state index contributed by atoms with van der Waals surface area (Å²) in [6.45, 7) is 0.142. The summed E-state index contributed by atoms with van der Waals surface area (Å²) in [6, 6.07) is 12.9. The van der Waals surface area contributed by atoms with Gasteiger partial charge in [-0.15, -0.1) is 0 Å². The maximum atomic E-state index is 11.8. The highest BCUT2D eigenvalue weighted by atomic mass is 79.9. The molecule has 0 aromatic heterocycles. The van der Waals surface area contributed by atoms with E-state index in [9.17, 15) is 4.79 Å². The summed E-state index contributed by atoms with van der Waals surface area (Å²) in [5.41, 5.74) is 1.46. The molecule has 2 rings (SSSR count). The van der Waals surface area contributed by atoms with E-state index in [1.165, 1.54) is 0 Å². The molecule has 0 aliphatic carbocycles. The van der Waals surface area contributed by atoms with Crippen LogP contribution in [0.3, 0.4) is 0 Å². The molecular formula is C14H11Br2ClN2O. The molecule has 0 aliphatic rings. The molecule has 0 saturated heterocycles. The van der Waals surface area contributed by atoms with Gasteiger partial charge >= 0.3 is 0 Å². The van der Waals surface area contributed by atoms with E-state index in [4.69, 9.17) is 11.6 Å². The van der Waals surface area contributed by atoms with Gasteiger partial charge < -0.3 is 10.6 Å². The van der Waals surface area contributed by atoms with Crippen LogP contribution in [-0.4, -0.2) is 12.5 Å². The van der Waals surface area contributed by atoms with Crippen molar-refractivity contribution >= 4 is 60.7 Å². The van der Waals surface area contributed by atoms with Crippen LogP contribution in [0.1, 0.15) is 0 Å². The first-order valence-electron chi connectivity index (χ1n) is 5.79. The molecule has 1 amide bonds. The third-order valence-electron chi connectivity index (χ3n) is 2.48. The van der Waals surface area contributed by atoms with Gasteiger partial charge in [0.05, 0.1) is 17.3 Å². The van der Waals surface area contributed by atoms with E-state index < -0.39 is 0 Å². The molecule has 2 aromatic carbocycles. The van der Waals surface area contributed by atoms with Crippen LogP contribution in [0.5, 0.6) is 0 Å². The van der Waals surface area contributed by atoms with Gasteiger partial charge in [0.15, 0.2) is 0 Å². The van der Waals surface area contributed by atoms with E-state index in [0.29, 0.717) is 10.7 Å². The number of benzene rings is 2. The average Bonchev–Trinajstić information content (AvgIpc) is 2.40. The van der Waals surface area contributed by atoms with Crippen molar-refractivity contribution in [2.75, 3.05) is 17.2 Å². The van der Waals surface area contributed by atoms with Crippen molar-refractivity contribution in [3.63, 3.8) is 0 Å². The van der Waals surface area contributed by atoms with Crippen molar-refractivity contribution in [1.29, 1.82) is 0 Å². The van der Waals surface area contributed by atoms with Crippen molar-refractivity contribution in [1.82, 2.24) is 0 Å². The second kappa shape index (κ2) is 7.11. The van der Waals surface area contributed by atoms with Gasteiger partial charge in [-0.1, -0.05) is 49.5 Å². The van der Waals surface area contributed by atoms with Crippen LogP contribution in [0, 0.1) is 0 Å². The Morgan fingerprint density at radius 2 is 1.85 bits per heavy atom. The van der Waals surface area contributed by atoms with E-state index in [1.807, 2.05) is 36.4 Å². The molecule has 0 radical (unpaired) electrons. The summed E-state index contributed by atoms with van der Waals surface area (Å²) in [6.07, 6.45) is 0. The lowest BCUT2D eigenvalue weighted by atomic mass is 10.3. The fourth-order valence-electron chi connectivity index (χ4n) is 1.58. The molecule has 0 aliphatic heterocycles. The van der Waals surface area contributed by atoms with Crippen LogP contribution in [0.15, 0.2) is 51.4 Å². The highest BCUT2D eigenvalue weighted by Gasteiger charge is 2.05. The largest absolute Gasteiger partial charge is 0.375 e. The Morgan fingerprint density at radius 3 is 2.60 bits per heavy atom. The fraction of sp³-hybridized carbons (Fsp3) is 0.0714. The second-order valence-corrected chi connectivity index (χ2v) is 6.27. The molecule has 0 saturated carbocycles. The van der Waals surface area contributed by atoms with Crippen molar-refractivity contribution in [2.45, 2.75) is 0 Å². The van der Waals surface area contributed by atoms with Crippen LogP contribution in [-0.2, 0) is 4.79 Å². The standard InChI is InChI=1S/C14H11Br2ClN2O/c15-9-2-1-3-11(6-9)19-14(20)8-18-13-7-10(16)4-5-12(13)17/h1-7,18H,8H2,(H,19,20). The highest BCUT2D eigenvalue weighted by Crippen LogP contribution is 2.25. The normalized spacial score (nSPS) is 10.2. The number of hydrogen-bond donors (Lipinski definition) is 2. The van der Waals surface area contributed by atoms with Gasteiger partial charge in [-0.2, -0.15) is 0 Å². The van der Waals surface area contributed by atoms with Crippen LogP contribution in [0.2, 0.25) is 5.02 Å². The van der Waals surface area contributed by atoms with E-state index in [1.54, 1.807) is 6.07 Å². The first kappa shape index (κ1) is 15.4. The zero-order valence-corrected chi connectivity index (χ0v) is 14.2. The van der Waals surface area contributed by atoms with Crippen LogP contribution in [0.25, 0.3) is 0 Å².